The molecule has 0 aromatic heterocycles. The molecule has 2 N–H and O–H groups in total. The van der Waals surface area contributed by atoms with Gasteiger partial charge in [0.05, 0.1) is 6.54 Å². The van der Waals surface area contributed by atoms with Gasteiger partial charge in [-0.25, -0.2) is 0 Å². The van der Waals surface area contributed by atoms with Crippen molar-refractivity contribution < 1.29 is 21.2 Å². The smallest absolute Gasteiger partial charge is 0.193 e. The van der Waals surface area contributed by atoms with Crippen molar-refractivity contribution in [1.29, 1.82) is 0 Å². The first-order valence-corrected chi connectivity index (χ1v) is 8.26. The number of phenolic OH excluding ortho intramolecular Hbond substituents is 2. The highest BCUT2D eigenvalue weighted by molar-refractivity contribution is 6.11. The van der Waals surface area contributed by atoms with Crippen LogP contribution in [0.2, 0.25) is 0 Å². The fraction of sp³-hybridized carbons (Fsp3) is 0.190. The summed E-state index contributed by atoms with van der Waals surface area (Å²) in [5, 5.41) is 19.6. The molecule has 0 bridgehead atoms. The maximum atomic E-state index is 13.1. The SMILES string of the molecule is CC(=O)Cc1ccc(C2=CC=NC2)cc1C(=O)c1cc(C)c(O)c(O)c1.[HH]. The van der Waals surface area contributed by atoms with Crippen molar-refractivity contribution in [3.63, 3.8) is 0 Å². The van der Waals surface area contributed by atoms with Gasteiger partial charge < -0.3 is 10.2 Å². The van der Waals surface area contributed by atoms with Gasteiger partial charge in [-0.15, -0.1) is 0 Å². The van der Waals surface area contributed by atoms with Crippen LogP contribution in [0.5, 0.6) is 11.5 Å². The molecule has 0 spiro atoms. The lowest BCUT2D eigenvalue weighted by atomic mass is 9.91. The number of aliphatic imine (C=N–C) groups is 1. The Kier molecular flexibility index (Phi) is 4.71. The molecular weight excluding hydrogens is 330 g/mol. The van der Waals surface area contributed by atoms with Gasteiger partial charge in [0, 0.05) is 25.2 Å². The van der Waals surface area contributed by atoms with Crippen molar-refractivity contribution in [3.8, 4) is 11.5 Å². The second-order valence-electron chi connectivity index (χ2n) is 6.42. The van der Waals surface area contributed by atoms with Crippen molar-refractivity contribution >= 4 is 23.4 Å². The number of allylic oxidation sites excluding steroid dienone is 1. The van der Waals surface area contributed by atoms with Gasteiger partial charge in [-0.1, -0.05) is 12.1 Å². The first-order chi connectivity index (χ1) is 12.4. The summed E-state index contributed by atoms with van der Waals surface area (Å²) in [6.45, 7) is 3.64. The summed E-state index contributed by atoms with van der Waals surface area (Å²) in [5.41, 5.74) is 3.59. The second-order valence-corrected chi connectivity index (χ2v) is 6.42. The number of aromatic hydroxyl groups is 2. The first-order valence-electron chi connectivity index (χ1n) is 8.26. The van der Waals surface area contributed by atoms with E-state index in [1.165, 1.54) is 19.1 Å². The van der Waals surface area contributed by atoms with Crippen molar-refractivity contribution in [1.82, 2.24) is 0 Å². The highest BCUT2D eigenvalue weighted by Gasteiger charge is 2.19. The molecule has 5 nitrogen and oxygen atoms in total. The van der Waals surface area contributed by atoms with E-state index in [4.69, 9.17) is 0 Å². The maximum Gasteiger partial charge on any atom is 0.193 e. The van der Waals surface area contributed by atoms with Crippen LogP contribution >= 0.6 is 0 Å². The number of nitrogens with zero attached hydrogens (tertiary/aromatic N) is 1. The number of phenols is 2. The number of carbonyl (C=O) groups excluding carboxylic acids is 2. The minimum Gasteiger partial charge on any atom is -0.504 e. The Balaban J connectivity index is 0.00000261. The Morgan fingerprint density at radius 3 is 2.58 bits per heavy atom. The van der Waals surface area contributed by atoms with E-state index in [0.29, 0.717) is 23.2 Å². The lowest BCUT2D eigenvalue weighted by Gasteiger charge is -2.12. The molecule has 3 rings (SSSR count). The fourth-order valence-corrected chi connectivity index (χ4v) is 2.99. The van der Waals surface area contributed by atoms with E-state index in [0.717, 1.165) is 11.1 Å². The largest absolute Gasteiger partial charge is 0.504 e. The van der Waals surface area contributed by atoms with Crippen LogP contribution in [-0.2, 0) is 11.2 Å². The van der Waals surface area contributed by atoms with Gasteiger partial charge in [0.2, 0.25) is 0 Å². The molecule has 0 atom stereocenters. The zero-order valence-corrected chi connectivity index (χ0v) is 14.6. The predicted octanol–water partition coefficient (Wildman–Crippen LogP) is 3.48. The van der Waals surface area contributed by atoms with Crippen LogP contribution in [0.4, 0.5) is 0 Å². The van der Waals surface area contributed by atoms with E-state index in [-0.39, 0.29) is 36.5 Å². The van der Waals surface area contributed by atoms with Gasteiger partial charge in [0.25, 0.3) is 0 Å². The standard InChI is InChI=1S/C21H19NO4.H2/c1-12-7-17(10-19(24)20(12)25)21(26)18-9-14(16-5-6-22-11-16)3-4-15(18)8-13(2)23;/h3-7,9-10,24-25H,8,11H2,1-2H3;1H. The highest BCUT2D eigenvalue weighted by Crippen LogP contribution is 2.31. The predicted molar refractivity (Wildman–Crippen MR) is 102 cm³/mol. The number of rotatable bonds is 5. The van der Waals surface area contributed by atoms with Crippen LogP contribution in [0.25, 0.3) is 5.57 Å². The highest BCUT2D eigenvalue weighted by atomic mass is 16.3. The van der Waals surface area contributed by atoms with Crippen LogP contribution in [0.3, 0.4) is 0 Å². The van der Waals surface area contributed by atoms with Crippen LogP contribution in [0, 0.1) is 6.92 Å². The minimum atomic E-state index is -0.343. The van der Waals surface area contributed by atoms with Gasteiger partial charge in [-0.3, -0.25) is 14.6 Å². The van der Waals surface area contributed by atoms with Gasteiger partial charge in [-0.2, -0.15) is 0 Å². The first kappa shape index (κ1) is 17.6. The average Bonchev–Trinajstić information content (AvgIpc) is 3.13. The molecule has 1 aliphatic heterocycles. The summed E-state index contributed by atoms with van der Waals surface area (Å²) in [4.78, 5) is 28.8. The lowest BCUT2D eigenvalue weighted by molar-refractivity contribution is -0.116. The molecular formula is C21H21NO4. The number of ketones is 2. The van der Waals surface area contributed by atoms with Gasteiger partial charge >= 0.3 is 0 Å². The van der Waals surface area contributed by atoms with E-state index in [1.54, 1.807) is 25.3 Å². The molecule has 2 aromatic rings. The summed E-state index contributed by atoms with van der Waals surface area (Å²) in [6, 6.07) is 8.21. The molecule has 1 aliphatic rings. The Morgan fingerprint density at radius 2 is 1.96 bits per heavy atom. The molecule has 0 saturated heterocycles. The molecule has 1 heterocycles. The number of carbonyl (C=O) groups is 2. The molecule has 26 heavy (non-hydrogen) atoms. The normalized spacial score (nSPS) is 12.9. The van der Waals surface area contributed by atoms with Crippen LogP contribution in [0.1, 0.15) is 41.0 Å². The molecule has 0 aliphatic carbocycles. The number of hydrogen-bond donors (Lipinski definition) is 2. The van der Waals surface area contributed by atoms with Crippen molar-refractivity contribution in [2.75, 3.05) is 6.54 Å². The monoisotopic (exact) mass is 351 g/mol. The molecule has 134 valence electrons. The quantitative estimate of drug-likeness (QED) is 0.638. The summed E-state index contributed by atoms with van der Waals surface area (Å²) in [5.74, 6) is -0.932. The summed E-state index contributed by atoms with van der Waals surface area (Å²) >= 11 is 0. The Bertz CT molecular complexity index is 953. The topological polar surface area (TPSA) is 87.0 Å². The third kappa shape index (κ3) is 3.42. The fourth-order valence-electron chi connectivity index (χ4n) is 2.99. The minimum absolute atomic E-state index is 0. The summed E-state index contributed by atoms with van der Waals surface area (Å²) in [7, 11) is 0. The Labute approximate surface area is 152 Å². The number of benzene rings is 2. The van der Waals surface area contributed by atoms with E-state index in [9.17, 15) is 19.8 Å². The van der Waals surface area contributed by atoms with E-state index in [2.05, 4.69) is 4.99 Å². The summed E-state index contributed by atoms with van der Waals surface area (Å²) in [6.07, 6.45) is 3.77. The Hall–Kier alpha value is -3.21. The van der Waals surface area contributed by atoms with Crippen LogP contribution < -0.4 is 0 Å². The number of Topliss-reactive ketones (excluding diaryl/α,β-unsaturated/α-hetero) is 1. The third-order valence-corrected chi connectivity index (χ3v) is 4.35. The van der Waals surface area contributed by atoms with Crippen molar-refractivity contribution in [3.05, 3.63) is 64.2 Å². The molecule has 0 unspecified atom stereocenters. The van der Waals surface area contributed by atoms with E-state index in [1.807, 2.05) is 12.1 Å². The lowest BCUT2D eigenvalue weighted by Crippen LogP contribution is -2.09. The number of hydrogen-bond acceptors (Lipinski definition) is 5. The van der Waals surface area contributed by atoms with Crippen molar-refractivity contribution in [2.45, 2.75) is 20.3 Å². The van der Waals surface area contributed by atoms with Gasteiger partial charge in [0.1, 0.15) is 5.78 Å². The molecule has 5 heteroatoms. The second kappa shape index (κ2) is 6.96. The van der Waals surface area contributed by atoms with Crippen LogP contribution in [0.15, 0.2) is 41.4 Å². The van der Waals surface area contributed by atoms with E-state index >= 15 is 0 Å². The third-order valence-electron chi connectivity index (χ3n) is 4.35. The zero-order chi connectivity index (χ0) is 18.8. The van der Waals surface area contributed by atoms with E-state index < -0.39 is 0 Å². The molecule has 0 fully saturated rings. The molecule has 2 aromatic carbocycles. The number of aryl methyl sites for hydroxylation is 1. The summed E-state index contributed by atoms with van der Waals surface area (Å²) < 4.78 is 0. The molecule has 0 saturated carbocycles. The van der Waals surface area contributed by atoms with Gasteiger partial charge in [0.15, 0.2) is 17.3 Å². The Morgan fingerprint density at radius 1 is 1.19 bits per heavy atom. The van der Waals surface area contributed by atoms with Crippen LogP contribution in [-0.4, -0.2) is 34.5 Å². The maximum absolute atomic E-state index is 13.1. The zero-order valence-electron chi connectivity index (χ0n) is 14.6. The average molecular weight is 351 g/mol. The molecule has 0 amide bonds. The van der Waals surface area contributed by atoms with Crippen molar-refractivity contribution in [2.24, 2.45) is 4.99 Å². The molecule has 0 radical (unpaired) electrons. The van der Waals surface area contributed by atoms with Gasteiger partial charge in [-0.05, 0) is 60.4 Å².